The summed E-state index contributed by atoms with van der Waals surface area (Å²) in [6.07, 6.45) is 0. The van der Waals surface area contributed by atoms with Crippen molar-refractivity contribution < 1.29 is 19.7 Å². The Hall–Kier alpha value is -1.75. The summed E-state index contributed by atoms with van der Waals surface area (Å²) in [4.78, 5) is 10.7. The molecule has 0 aliphatic carbocycles. The van der Waals surface area contributed by atoms with E-state index in [2.05, 4.69) is 0 Å². The van der Waals surface area contributed by atoms with Crippen LogP contribution in [0.1, 0.15) is 22.0 Å². The zero-order valence-electron chi connectivity index (χ0n) is 7.23. The van der Waals surface area contributed by atoms with Gasteiger partial charge in [0.15, 0.2) is 0 Å². The number of nitrogens with two attached hydrogens (primary N) is 1. The van der Waals surface area contributed by atoms with Gasteiger partial charge in [-0.2, -0.15) is 0 Å². The first kappa shape index (κ1) is 8.83. The summed E-state index contributed by atoms with van der Waals surface area (Å²) in [5.74, 6) is -1.03. The van der Waals surface area contributed by atoms with Gasteiger partial charge in [0.25, 0.3) is 0 Å². The summed E-state index contributed by atoms with van der Waals surface area (Å²) in [6.45, 7) is 0.317. The van der Waals surface area contributed by atoms with E-state index in [9.17, 15) is 9.90 Å². The minimum absolute atomic E-state index is 0.169. The average molecular weight is 195 g/mol. The molecule has 1 atom stereocenters. The molecule has 0 saturated carbocycles. The largest absolute Gasteiger partial charge is 0.507 e. The molecular weight excluding hydrogens is 186 g/mol. The summed E-state index contributed by atoms with van der Waals surface area (Å²) in [5.41, 5.74) is 6.14. The van der Waals surface area contributed by atoms with Crippen LogP contribution in [0.5, 0.6) is 11.5 Å². The van der Waals surface area contributed by atoms with E-state index < -0.39 is 5.97 Å². The quantitative estimate of drug-likeness (QED) is 0.606. The highest BCUT2D eigenvalue weighted by molar-refractivity contribution is 5.91. The summed E-state index contributed by atoms with van der Waals surface area (Å²) in [6, 6.07) is 2.34. The Kier molecular flexibility index (Phi) is 1.82. The van der Waals surface area contributed by atoms with Crippen LogP contribution in [0.3, 0.4) is 0 Å². The number of aromatic carboxylic acids is 1. The van der Waals surface area contributed by atoms with Crippen molar-refractivity contribution in [1.29, 1.82) is 0 Å². The van der Waals surface area contributed by atoms with Gasteiger partial charge in [-0.25, -0.2) is 4.79 Å². The van der Waals surface area contributed by atoms with Crippen LogP contribution in [0.2, 0.25) is 0 Å². The molecule has 0 unspecified atom stereocenters. The van der Waals surface area contributed by atoms with Crippen molar-refractivity contribution in [2.75, 3.05) is 6.61 Å². The van der Waals surface area contributed by atoms with Crippen molar-refractivity contribution in [2.45, 2.75) is 6.04 Å². The first-order valence-electron chi connectivity index (χ1n) is 4.08. The molecule has 1 aliphatic rings. The van der Waals surface area contributed by atoms with E-state index in [1.807, 2.05) is 0 Å². The van der Waals surface area contributed by atoms with Crippen molar-refractivity contribution >= 4 is 5.97 Å². The standard InChI is InChI=1S/C9H9NO4/c10-6-3-14-8-2-5(9(12)13)7(11)1-4(6)8/h1-2,6,11H,3,10H2,(H,12,13)/t6-/m1/s1. The summed E-state index contributed by atoms with van der Waals surface area (Å²) >= 11 is 0. The van der Waals surface area contributed by atoms with Crippen molar-refractivity contribution in [2.24, 2.45) is 5.73 Å². The van der Waals surface area contributed by atoms with Gasteiger partial charge < -0.3 is 20.7 Å². The molecular formula is C9H9NO4. The lowest BCUT2D eigenvalue weighted by molar-refractivity contribution is 0.0693. The number of aromatic hydroxyl groups is 1. The Labute approximate surface area is 79.7 Å². The monoisotopic (exact) mass is 195 g/mol. The molecule has 1 aliphatic heterocycles. The van der Waals surface area contributed by atoms with E-state index in [1.165, 1.54) is 12.1 Å². The normalized spacial score (nSPS) is 18.8. The summed E-state index contributed by atoms with van der Waals surface area (Å²) in [7, 11) is 0. The number of ether oxygens (including phenoxy) is 1. The highest BCUT2D eigenvalue weighted by atomic mass is 16.5. The molecule has 2 rings (SSSR count). The van der Waals surface area contributed by atoms with E-state index in [1.54, 1.807) is 0 Å². The lowest BCUT2D eigenvalue weighted by Crippen LogP contribution is -2.10. The number of hydrogen-bond donors (Lipinski definition) is 3. The van der Waals surface area contributed by atoms with Gasteiger partial charge in [-0.3, -0.25) is 0 Å². The summed E-state index contributed by atoms with van der Waals surface area (Å²) in [5, 5.41) is 18.1. The molecule has 0 spiro atoms. The third kappa shape index (κ3) is 1.18. The second-order valence-corrected chi connectivity index (χ2v) is 3.13. The molecule has 1 aromatic carbocycles. The molecule has 5 heteroatoms. The number of fused-ring (bicyclic) bond motifs is 1. The number of benzene rings is 1. The maximum atomic E-state index is 10.7. The molecule has 74 valence electrons. The second-order valence-electron chi connectivity index (χ2n) is 3.13. The predicted octanol–water partition coefficient (Wildman–Crippen LogP) is 0.483. The van der Waals surface area contributed by atoms with E-state index in [-0.39, 0.29) is 17.4 Å². The van der Waals surface area contributed by atoms with Crippen molar-refractivity contribution in [3.05, 3.63) is 23.3 Å². The smallest absolute Gasteiger partial charge is 0.339 e. The van der Waals surface area contributed by atoms with Crippen molar-refractivity contribution in [3.8, 4) is 11.5 Å². The van der Waals surface area contributed by atoms with Crippen LogP contribution in [0.25, 0.3) is 0 Å². The lowest BCUT2D eigenvalue weighted by Gasteiger charge is -2.04. The average Bonchev–Trinajstić information content (AvgIpc) is 2.46. The first-order chi connectivity index (χ1) is 6.59. The first-order valence-corrected chi connectivity index (χ1v) is 4.08. The van der Waals surface area contributed by atoms with Gasteiger partial charge in [0, 0.05) is 5.56 Å². The Balaban J connectivity index is 2.55. The predicted molar refractivity (Wildman–Crippen MR) is 47.5 cm³/mol. The zero-order valence-corrected chi connectivity index (χ0v) is 7.23. The molecule has 1 aromatic rings. The minimum atomic E-state index is -1.19. The van der Waals surface area contributed by atoms with Gasteiger partial charge in [-0.1, -0.05) is 0 Å². The van der Waals surface area contributed by atoms with Gasteiger partial charge in [0.2, 0.25) is 0 Å². The maximum absolute atomic E-state index is 10.7. The van der Waals surface area contributed by atoms with E-state index in [0.717, 1.165) is 0 Å². The van der Waals surface area contributed by atoms with Crippen LogP contribution in [-0.4, -0.2) is 22.8 Å². The molecule has 0 aromatic heterocycles. The second kappa shape index (κ2) is 2.88. The minimum Gasteiger partial charge on any atom is -0.507 e. The maximum Gasteiger partial charge on any atom is 0.339 e. The van der Waals surface area contributed by atoms with Gasteiger partial charge in [0.05, 0.1) is 6.04 Å². The fraction of sp³-hybridized carbons (Fsp3) is 0.222. The van der Waals surface area contributed by atoms with E-state index in [0.29, 0.717) is 17.9 Å². The molecule has 14 heavy (non-hydrogen) atoms. The van der Waals surface area contributed by atoms with E-state index in [4.69, 9.17) is 15.6 Å². The number of hydrogen-bond acceptors (Lipinski definition) is 4. The van der Waals surface area contributed by atoms with Crippen LogP contribution in [0.4, 0.5) is 0 Å². The Morgan fingerprint density at radius 2 is 2.29 bits per heavy atom. The van der Waals surface area contributed by atoms with Crippen molar-refractivity contribution in [1.82, 2.24) is 0 Å². The lowest BCUT2D eigenvalue weighted by atomic mass is 10.1. The third-order valence-electron chi connectivity index (χ3n) is 2.18. The van der Waals surface area contributed by atoms with Gasteiger partial charge in [-0.05, 0) is 12.1 Å². The van der Waals surface area contributed by atoms with Crippen LogP contribution < -0.4 is 10.5 Å². The Morgan fingerprint density at radius 1 is 1.57 bits per heavy atom. The van der Waals surface area contributed by atoms with Gasteiger partial charge in [0.1, 0.15) is 23.7 Å². The molecule has 0 amide bonds. The van der Waals surface area contributed by atoms with Gasteiger partial charge in [-0.15, -0.1) is 0 Å². The molecule has 1 heterocycles. The van der Waals surface area contributed by atoms with Crippen molar-refractivity contribution in [3.63, 3.8) is 0 Å². The van der Waals surface area contributed by atoms with Crippen LogP contribution in [-0.2, 0) is 0 Å². The molecule has 0 fully saturated rings. The highest BCUT2D eigenvalue weighted by Gasteiger charge is 2.24. The summed E-state index contributed by atoms with van der Waals surface area (Å²) < 4.78 is 5.16. The highest BCUT2D eigenvalue weighted by Crippen LogP contribution is 2.35. The van der Waals surface area contributed by atoms with E-state index >= 15 is 0 Å². The number of rotatable bonds is 1. The molecule has 0 bridgehead atoms. The third-order valence-corrected chi connectivity index (χ3v) is 2.18. The fourth-order valence-corrected chi connectivity index (χ4v) is 1.44. The van der Waals surface area contributed by atoms with Gasteiger partial charge >= 0.3 is 5.97 Å². The molecule has 5 nitrogen and oxygen atoms in total. The molecule has 4 N–H and O–H groups in total. The Bertz CT molecular complexity index is 402. The number of carboxylic acid groups (broad SMARTS) is 1. The Morgan fingerprint density at radius 3 is 2.93 bits per heavy atom. The number of carboxylic acids is 1. The number of phenols is 1. The SMILES string of the molecule is N[C@@H]1COc2cc(C(=O)O)c(O)cc21. The molecule has 0 radical (unpaired) electrons. The fourth-order valence-electron chi connectivity index (χ4n) is 1.44. The van der Waals surface area contributed by atoms with Crippen LogP contribution >= 0.6 is 0 Å². The van der Waals surface area contributed by atoms with Crippen LogP contribution in [0.15, 0.2) is 12.1 Å². The molecule has 0 saturated heterocycles. The number of carbonyl (C=O) groups is 1. The van der Waals surface area contributed by atoms with Crippen LogP contribution in [0, 0.1) is 0 Å². The topological polar surface area (TPSA) is 92.8 Å². The zero-order chi connectivity index (χ0) is 10.3.